The Morgan fingerprint density at radius 2 is 1.79 bits per heavy atom. The van der Waals surface area contributed by atoms with Gasteiger partial charge in [-0.05, 0) is 61.9 Å². The number of nitrogens with zero attached hydrogens (tertiary/aromatic N) is 3. The smallest absolute Gasteiger partial charge is 0.0887 e. The Morgan fingerprint density at radius 3 is 2.46 bits per heavy atom. The van der Waals surface area contributed by atoms with Crippen LogP contribution in [0.3, 0.4) is 0 Å². The predicted octanol–water partition coefficient (Wildman–Crippen LogP) is 5.90. The average Bonchev–Trinajstić information content (AvgIpc) is 2.62. The number of pyridine rings is 1. The standard InChI is InChI=1S/C20H20N4/c1-3-21-18-11-12-19(15(2)14-18)24-23-17-9-7-16(8-10-17)20-6-4-5-13-22-20/h4-14,21H,3H2,1-2H3. The maximum absolute atomic E-state index is 4.36. The van der Waals surface area contributed by atoms with Gasteiger partial charge in [0.15, 0.2) is 0 Å². The SMILES string of the molecule is CCNc1ccc(N=Nc2ccc(-c3ccccn3)cc2)c(C)c1. The van der Waals surface area contributed by atoms with Crippen LogP contribution in [0.4, 0.5) is 17.1 Å². The van der Waals surface area contributed by atoms with Gasteiger partial charge in [0.1, 0.15) is 0 Å². The van der Waals surface area contributed by atoms with Crippen molar-refractivity contribution in [1.82, 2.24) is 4.98 Å². The highest BCUT2D eigenvalue weighted by Crippen LogP contribution is 2.26. The van der Waals surface area contributed by atoms with Gasteiger partial charge < -0.3 is 5.32 Å². The molecule has 2 aromatic carbocycles. The van der Waals surface area contributed by atoms with Crippen LogP contribution in [-0.4, -0.2) is 11.5 Å². The molecular weight excluding hydrogens is 296 g/mol. The van der Waals surface area contributed by atoms with E-state index in [0.717, 1.165) is 40.4 Å². The fraction of sp³-hybridized carbons (Fsp3) is 0.150. The maximum Gasteiger partial charge on any atom is 0.0887 e. The third kappa shape index (κ3) is 3.84. The molecule has 0 radical (unpaired) electrons. The molecule has 24 heavy (non-hydrogen) atoms. The van der Waals surface area contributed by atoms with E-state index in [4.69, 9.17) is 0 Å². The van der Waals surface area contributed by atoms with E-state index in [1.54, 1.807) is 6.20 Å². The van der Waals surface area contributed by atoms with Gasteiger partial charge in [0.2, 0.25) is 0 Å². The monoisotopic (exact) mass is 316 g/mol. The molecule has 3 rings (SSSR count). The molecular formula is C20H20N4. The van der Waals surface area contributed by atoms with Crippen LogP contribution in [0.25, 0.3) is 11.3 Å². The Kier molecular flexibility index (Phi) is 4.96. The predicted molar refractivity (Wildman–Crippen MR) is 99.2 cm³/mol. The van der Waals surface area contributed by atoms with Gasteiger partial charge in [0.25, 0.3) is 0 Å². The van der Waals surface area contributed by atoms with Crippen molar-refractivity contribution in [2.45, 2.75) is 13.8 Å². The van der Waals surface area contributed by atoms with E-state index < -0.39 is 0 Å². The zero-order chi connectivity index (χ0) is 16.8. The summed E-state index contributed by atoms with van der Waals surface area (Å²) in [4.78, 5) is 4.35. The number of hydrogen-bond donors (Lipinski definition) is 1. The van der Waals surface area contributed by atoms with Crippen LogP contribution in [0.2, 0.25) is 0 Å². The summed E-state index contributed by atoms with van der Waals surface area (Å²) in [6.07, 6.45) is 1.79. The quantitative estimate of drug-likeness (QED) is 0.595. The highest BCUT2D eigenvalue weighted by molar-refractivity contribution is 5.61. The van der Waals surface area contributed by atoms with E-state index in [1.165, 1.54) is 0 Å². The number of aromatic nitrogens is 1. The summed E-state index contributed by atoms with van der Waals surface area (Å²) in [5.41, 5.74) is 5.93. The number of hydrogen-bond acceptors (Lipinski definition) is 4. The maximum atomic E-state index is 4.36. The lowest BCUT2D eigenvalue weighted by Crippen LogP contribution is -1.95. The molecule has 0 saturated heterocycles. The summed E-state index contributed by atoms with van der Waals surface area (Å²) >= 11 is 0. The highest BCUT2D eigenvalue weighted by atomic mass is 15.1. The number of azo groups is 1. The highest BCUT2D eigenvalue weighted by Gasteiger charge is 2.00. The number of anilines is 1. The minimum Gasteiger partial charge on any atom is -0.385 e. The van der Waals surface area contributed by atoms with Crippen molar-refractivity contribution >= 4 is 17.1 Å². The summed E-state index contributed by atoms with van der Waals surface area (Å²) in [5, 5.41) is 12.0. The molecule has 4 heteroatoms. The number of rotatable bonds is 5. The minimum absolute atomic E-state index is 0.824. The van der Waals surface area contributed by atoms with Crippen LogP contribution < -0.4 is 5.32 Å². The Labute approximate surface area is 142 Å². The first kappa shape index (κ1) is 15.9. The van der Waals surface area contributed by atoms with Gasteiger partial charge in [-0.3, -0.25) is 4.98 Å². The number of benzene rings is 2. The third-order valence-electron chi connectivity index (χ3n) is 3.68. The Balaban J connectivity index is 1.75. The van der Waals surface area contributed by atoms with Gasteiger partial charge in [-0.15, -0.1) is 0 Å². The minimum atomic E-state index is 0.824. The summed E-state index contributed by atoms with van der Waals surface area (Å²) < 4.78 is 0. The number of aryl methyl sites for hydroxylation is 1. The second-order valence-electron chi connectivity index (χ2n) is 5.49. The fourth-order valence-electron chi connectivity index (χ4n) is 2.43. The first-order chi connectivity index (χ1) is 11.8. The van der Waals surface area contributed by atoms with Crippen LogP contribution in [0.15, 0.2) is 77.1 Å². The zero-order valence-electron chi connectivity index (χ0n) is 13.9. The molecule has 0 saturated carbocycles. The van der Waals surface area contributed by atoms with Crippen molar-refractivity contribution in [3.05, 3.63) is 72.4 Å². The van der Waals surface area contributed by atoms with E-state index in [0.29, 0.717) is 0 Å². The van der Waals surface area contributed by atoms with Crippen LogP contribution in [-0.2, 0) is 0 Å². The van der Waals surface area contributed by atoms with E-state index >= 15 is 0 Å². The van der Waals surface area contributed by atoms with Crippen LogP contribution in [0.1, 0.15) is 12.5 Å². The molecule has 0 aliphatic heterocycles. The van der Waals surface area contributed by atoms with Gasteiger partial charge in [-0.2, -0.15) is 10.2 Å². The van der Waals surface area contributed by atoms with Crippen molar-refractivity contribution in [1.29, 1.82) is 0 Å². The molecule has 3 aromatic rings. The fourth-order valence-corrected chi connectivity index (χ4v) is 2.43. The molecule has 0 unspecified atom stereocenters. The Hall–Kier alpha value is -3.01. The zero-order valence-corrected chi connectivity index (χ0v) is 13.9. The second-order valence-corrected chi connectivity index (χ2v) is 5.49. The Bertz CT molecular complexity index is 824. The molecule has 1 heterocycles. The van der Waals surface area contributed by atoms with Gasteiger partial charge in [0, 0.05) is 24.0 Å². The molecule has 0 aliphatic rings. The van der Waals surface area contributed by atoms with Crippen LogP contribution >= 0.6 is 0 Å². The molecule has 0 atom stereocenters. The molecule has 0 spiro atoms. The van der Waals surface area contributed by atoms with Gasteiger partial charge in [-0.1, -0.05) is 18.2 Å². The van der Waals surface area contributed by atoms with Crippen molar-refractivity contribution in [2.75, 3.05) is 11.9 Å². The van der Waals surface area contributed by atoms with Crippen molar-refractivity contribution < 1.29 is 0 Å². The molecule has 4 nitrogen and oxygen atoms in total. The molecule has 1 aromatic heterocycles. The lowest BCUT2D eigenvalue weighted by Gasteiger charge is -2.05. The van der Waals surface area contributed by atoms with Gasteiger partial charge in [-0.25, -0.2) is 0 Å². The topological polar surface area (TPSA) is 49.6 Å². The number of nitrogens with one attached hydrogen (secondary N) is 1. The average molecular weight is 316 g/mol. The molecule has 0 bridgehead atoms. The summed E-state index contributed by atoms with van der Waals surface area (Å²) in [6, 6.07) is 19.9. The summed E-state index contributed by atoms with van der Waals surface area (Å²) in [6.45, 7) is 5.03. The first-order valence-corrected chi connectivity index (χ1v) is 8.04. The second kappa shape index (κ2) is 7.51. The summed E-state index contributed by atoms with van der Waals surface area (Å²) in [5.74, 6) is 0. The molecule has 120 valence electrons. The van der Waals surface area contributed by atoms with Crippen molar-refractivity contribution in [3.63, 3.8) is 0 Å². The van der Waals surface area contributed by atoms with Crippen LogP contribution in [0, 0.1) is 6.92 Å². The van der Waals surface area contributed by atoms with E-state index in [1.807, 2.05) is 61.5 Å². The molecule has 0 amide bonds. The third-order valence-corrected chi connectivity index (χ3v) is 3.68. The lowest BCUT2D eigenvalue weighted by atomic mass is 10.1. The van der Waals surface area contributed by atoms with E-state index in [2.05, 4.69) is 33.5 Å². The van der Waals surface area contributed by atoms with Gasteiger partial charge >= 0.3 is 0 Å². The largest absolute Gasteiger partial charge is 0.385 e. The van der Waals surface area contributed by atoms with Gasteiger partial charge in [0.05, 0.1) is 17.1 Å². The van der Waals surface area contributed by atoms with Crippen molar-refractivity contribution in [2.24, 2.45) is 10.2 Å². The van der Waals surface area contributed by atoms with E-state index in [-0.39, 0.29) is 0 Å². The Morgan fingerprint density at radius 1 is 0.958 bits per heavy atom. The molecule has 0 aliphatic carbocycles. The molecule has 0 fully saturated rings. The van der Waals surface area contributed by atoms with Crippen molar-refractivity contribution in [3.8, 4) is 11.3 Å². The lowest BCUT2D eigenvalue weighted by molar-refractivity contribution is 1.19. The van der Waals surface area contributed by atoms with Crippen LogP contribution in [0.5, 0.6) is 0 Å². The van der Waals surface area contributed by atoms with E-state index in [9.17, 15) is 0 Å². The normalized spacial score (nSPS) is 10.9. The molecule has 1 N–H and O–H groups in total. The first-order valence-electron chi connectivity index (χ1n) is 8.04. The summed E-state index contributed by atoms with van der Waals surface area (Å²) in [7, 11) is 0.